The number of hydrogen-bond acceptors (Lipinski definition) is 2. The lowest BCUT2D eigenvalue weighted by Gasteiger charge is -2.06. The van der Waals surface area contributed by atoms with Gasteiger partial charge in [0.15, 0.2) is 0 Å². The highest BCUT2D eigenvalue weighted by Gasteiger charge is 2.01. The molecule has 90 valence electrons. The Hall–Kier alpha value is -0.450. The van der Waals surface area contributed by atoms with Gasteiger partial charge in [-0.25, -0.2) is 4.39 Å². The molecule has 0 fully saturated rings. The molecule has 3 N–H and O–H groups in total. The van der Waals surface area contributed by atoms with Gasteiger partial charge in [0.05, 0.1) is 0 Å². The highest BCUT2D eigenvalue weighted by molar-refractivity contribution is 9.10. The maximum atomic E-state index is 13.3. The molecule has 0 aromatic heterocycles. The summed E-state index contributed by atoms with van der Waals surface area (Å²) in [4.78, 5) is 0. The summed E-state index contributed by atoms with van der Waals surface area (Å²) in [5.41, 5.74) is 6.14. The zero-order valence-electron chi connectivity index (χ0n) is 9.31. The van der Waals surface area contributed by atoms with Gasteiger partial charge in [-0.15, -0.1) is 0 Å². The number of rotatable bonds is 7. The van der Waals surface area contributed by atoms with E-state index in [1.54, 1.807) is 6.07 Å². The fourth-order valence-electron chi connectivity index (χ4n) is 1.48. The molecule has 1 aromatic rings. The topological polar surface area (TPSA) is 38.0 Å². The first-order valence-electron chi connectivity index (χ1n) is 5.58. The lowest BCUT2D eigenvalue weighted by molar-refractivity contribution is 0.589. The van der Waals surface area contributed by atoms with Crippen LogP contribution in [-0.4, -0.2) is 19.6 Å². The van der Waals surface area contributed by atoms with E-state index in [0.717, 1.165) is 42.5 Å². The van der Waals surface area contributed by atoms with Crippen LogP contribution in [0.4, 0.5) is 4.39 Å². The number of hydrogen-bond donors (Lipinski definition) is 2. The van der Waals surface area contributed by atoms with Gasteiger partial charge in [-0.05, 0) is 62.7 Å². The van der Waals surface area contributed by atoms with E-state index in [1.807, 2.05) is 6.07 Å². The summed E-state index contributed by atoms with van der Waals surface area (Å²) in [6.45, 7) is 2.49. The van der Waals surface area contributed by atoms with Gasteiger partial charge in [-0.2, -0.15) is 0 Å². The third kappa shape index (κ3) is 5.05. The number of benzene rings is 1. The number of nitrogens with one attached hydrogen (secondary N) is 1. The molecule has 0 aliphatic carbocycles. The van der Waals surface area contributed by atoms with Gasteiger partial charge in [0.1, 0.15) is 5.82 Å². The summed E-state index contributed by atoms with van der Waals surface area (Å²) >= 11 is 3.34. The summed E-state index contributed by atoms with van der Waals surface area (Å²) in [5, 5.41) is 3.28. The molecule has 0 amide bonds. The summed E-state index contributed by atoms with van der Waals surface area (Å²) in [5.74, 6) is -0.132. The van der Waals surface area contributed by atoms with E-state index in [1.165, 1.54) is 6.07 Å². The Labute approximate surface area is 105 Å². The number of nitrogens with two attached hydrogens (primary N) is 1. The van der Waals surface area contributed by atoms with Crippen molar-refractivity contribution in [2.75, 3.05) is 19.6 Å². The molecule has 16 heavy (non-hydrogen) atoms. The minimum Gasteiger partial charge on any atom is -0.330 e. The molecule has 0 bridgehead atoms. The predicted molar refractivity (Wildman–Crippen MR) is 69.0 cm³/mol. The molecule has 2 nitrogen and oxygen atoms in total. The lowest BCUT2D eigenvalue weighted by Crippen LogP contribution is -2.19. The fraction of sp³-hybridized carbons (Fsp3) is 0.500. The minimum absolute atomic E-state index is 0.132. The second-order valence-electron chi connectivity index (χ2n) is 3.73. The van der Waals surface area contributed by atoms with Gasteiger partial charge in [0.25, 0.3) is 0 Å². The van der Waals surface area contributed by atoms with Crippen LogP contribution in [0.15, 0.2) is 22.7 Å². The van der Waals surface area contributed by atoms with E-state index in [-0.39, 0.29) is 5.82 Å². The van der Waals surface area contributed by atoms with Crippen molar-refractivity contribution in [2.24, 2.45) is 5.73 Å². The van der Waals surface area contributed by atoms with Crippen molar-refractivity contribution in [3.63, 3.8) is 0 Å². The van der Waals surface area contributed by atoms with E-state index in [0.29, 0.717) is 6.42 Å². The van der Waals surface area contributed by atoms with Crippen LogP contribution >= 0.6 is 15.9 Å². The molecular weight excluding hydrogens is 271 g/mol. The monoisotopic (exact) mass is 288 g/mol. The van der Waals surface area contributed by atoms with Gasteiger partial charge < -0.3 is 11.1 Å². The molecule has 4 heteroatoms. The number of halogens is 2. The maximum Gasteiger partial charge on any atom is 0.126 e. The molecule has 0 radical (unpaired) electrons. The molecule has 0 saturated carbocycles. The molecule has 1 rings (SSSR count). The van der Waals surface area contributed by atoms with Gasteiger partial charge in [-0.1, -0.05) is 15.9 Å². The van der Waals surface area contributed by atoms with Gasteiger partial charge in [0, 0.05) is 4.47 Å². The summed E-state index contributed by atoms with van der Waals surface area (Å²) in [7, 11) is 0. The van der Waals surface area contributed by atoms with E-state index in [9.17, 15) is 4.39 Å². The van der Waals surface area contributed by atoms with Crippen LogP contribution in [0.5, 0.6) is 0 Å². The Bertz CT molecular complexity index is 318. The van der Waals surface area contributed by atoms with Crippen molar-refractivity contribution in [1.82, 2.24) is 5.32 Å². The largest absolute Gasteiger partial charge is 0.330 e. The summed E-state index contributed by atoms with van der Waals surface area (Å²) < 4.78 is 14.3. The van der Waals surface area contributed by atoms with Crippen molar-refractivity contribution in [3.05, 3.63) is 34.1 Å². The third-order valence-electron chi connectivity index (χ3n) is 2.39. The minimum atomic E-state index is -0.132. The fourth-order valence-corrected chi connectivity index (χ4v) is 1.89. The summed E-state index contributed by atoms with van der Waals surface area (Å²) in [6.07, 6.45) is 2.84. The normalized spacial score (nSPS) is 10.7. The molecule has 1 aromatic carbocycles. The first kappa shape index (κ1) is 13.6. The first-order chi connectivity index (χ1) is 7.74. The molecule has 0 heterocycles. The molecule has 0 atom stereocenters. The average molecular weight is 289 g/mol. The predicted octanol–water partition coefficient (Wildman–Crippen LogP) is 2.46. The molecule has 0 aliphatic heterocycles. The SMILES string of the molecule is NCCCCNCCc1cc(Br)ccc1F. The Morgan fingerprint density at radius 1 is 1.25 bits per heavy atom. The third-order valence-corrected chi connectivity index (χ3v) is 2.88. The number of unbranched alkanes of at least 4 members (excludes halogenated alkanes) is 1. The quantitative estimate of drug-likeness (QED) is 0.757. The Balaban J connectivity index is 2.23. The zero-order chi connectivity index (χ0) is 11.8. The van der Waals surface area contributed by atoms with E-state index < -0.39 is 0 Å². The van der Waals surface area contributed by atoms with Crippen molar-refractivity contribution < 1.29 is 4.39 Å². The zero-order valence-corrected chi connectivity index (χ0v) is 10.9. The Kier molecular flexibility index (Phi) is 6.61. The first-order valence-corrected chi connectivity index (χ1v) is 6.38. The van der Waals surface area contributed by atoms with Crippen LogP contribution in [0.3, 0.4) is 0 Å². The smallest absolute Gasteiger partial charge is 0.126 e. The molecule has 0 saturated heterocycles. The van der Waals surface area contributed by atoms with Gasteiger partial charge in [-0.3, -0.25) is 0 Å². The highest BCUT2D eigenvalue weighted by atomic mass is 79.9. The summed E-state index contributed by atoms with van der Waals surface area (Å²) in [6, 6.07) is 5.04. The van der Waals surface area contributed by atoms with Crippen molar-refractivity contribution >= 4 is 15.9 Å². The molecule has 0 unspecified atom stereocenters. The van der Waals surface area contributed by atoms with Gasteiger partial charge in [0.2, 0.25) is 0 Å². The van der Waals surface area contributed by atoms with E-state index in [4.69, 9.17) is 5.73 Å². The lowest BCUT2D eigenvalue weighted by atomic mass is 10.1. The second-order valence-corrected chi connectivity index (χ2v) is 4.65. The Morgan fingerprint density at radius 3 is 2.81 bits per heavy atom. The van der Waals surface area contributed by atoms with E-state index in [2.05, 4.69) is 21.2 Å². The highest BCUT2D eigenvalue weighted by Crippen LogP contribution is 2.15. The van der Waals surface area contributed by atoms with Crippen LogP contribution in [0.1, 0.15) is 18.4 Å². The molecule has 0 spiro atoms. The van der Waals surface area contributed by atoms with Crippen molar-refractivity contribution in [2.45, 2.75) is 19.3 Å². The molecular formula is C12H18BrFN2. The average Bonchev–Trinajstić information content (AvgIpc) is 2.28. The van der Waals surface area contributed by atoms with Crippen LogP contribution in [0.25, 0.3) is 0 Å². The van der Waals surface area contributed by atoms with Crippen molar-refractivity contribution in [1.29, 1.82) is 0 Å². The maximum absolute atomic E-state index is 13.3. The van der Waals surface area contributed by atoms with Gasteiger partial charge >= 0.3 is 0 Å². The van der Waals surface area contributed by atoms with E-state index >= 15 is 0 Å². The molecule has 0 aliphatic rings. The second kappa shape index (κ2) is 7.76. The standard InChI is InChI=1S/C12H18BrFN2/c13-11-3-4-12(14)10(9-11)5-8-16-7-2-1-6-15/h3-4,9,16H,1-2,5-8,15H2. The van der Waals surface area contributed by atoms with Crippen molar-refractivity contribution in [3.8, 4) is 0 Å². The Morgan fingerprint density at radius 2 is 2.06 bits per heavy atom. The van der Waals surface area contributed by atoms with Crippen LogP contribution in [0, 0.1) is 5.82 Å². The van der Waals surface area contributed by atoms with Crippen LogP contribution in [-0.2, 0) is 6.42 Å². The van der Waals surface area contributed by atoms with Crippen LogP contribution < -0.4 is 11.1 Å². The van der Waals surface area contributed by atoms with Crippen LogP contribution in [0.2, 0.25) is 0 Å².